The van der Waals surface area contributed by atoms with Crippen molar-refractivity contribution in [1.29, 1.82) is 0 Å². The van der Waals surface area contributed by atoms with Gasteiger partial charge in [0.15, 0.2) is 30.2 Å². The number of para-hydroxylation sites is 1. The van der Waals surface area contributed by atoms with E-state index in [4.69, 9.17) is 33.7 Å². The van der Waals surface area contributed by atoms with Gasteiger partial charge < -0.3 is 15.6 Å². The van der Waals surface area contributed by atoms with Crippen LogP contribution >= 0.6 is 23.2 Å². The normalized spacial score (nSPS) is 12.5. The van der Waals surface area contributed by atoms with Gasteiger partial charge in [0.2, 0.25) is 0 Å². The largest absolute Gasteiger partial charge is 0.441 e. The van der Waals surface area contributed by atoms with Crippen LogP contribution in [0.2, 0.25) is 10.0 Å². The van der Waals surface area contributed by atoms with Gasteiger partial charge in [-0.15, -0.1) is 10.2 Å². The molecular formula is C22H18Cl2F3N7O4. The zero-order chi connectivity index (χ0) is 27.6. The molecule has 2 aromatic heterocycles. The number of nitrogens with two attached hydrogens (primary N) is 1. The van der Waals surface area contributed by atoms with Crippen molar-refractivity contribution in [3.63, 3.8) is 0 Å². The lowest BCUT2D eigenvalue weighted by Gasteiger charge is -2.15. The lowest BCUT2D eigenvalue weighted by atomic mass is 10.2. The number of hydrogen-bond acceptors (Lipinski definition) is 7. The monoisotopic (exact) mass is 571 g/mol. The van der Waals surface area contributed by atoms with E-state index in [-0.39, 0.29) is 41.2 Å². The maximum atomic E-state index is 13.1. The molecule has 0 aliphatic carbocycles. The predicted molar refractivity (Wildman–Crippen MR) is 129 cm³/mol. The van der Waals surface area contributed by atoms with Gasteiger partial charge >= 0.3 is 18.0 Å². The van der Waals surface area contributed by atoms with Crippen molar-refractivity contribution in [3.8, 4) is 17.1 Å². The Morgan fingerprint density at radius 2 is 1.79 bits per heavy atom. The van der Waals surface area contributed by atoms with Crippen molar-refractivity contribution in [2.45, 2.75) is 32.0 Å². The van der Waals surface area contributed by atoms with Crippen LogP contribution in [0.5, 0.6) is 0 Å². The second kappa shape index (κ2) is 10.8. The molecule has 2 heterocycles. The van der Waals surface area contributed by atoms with Gasteiger partial charge in [-0.05, 0) is 36.4 Å². The van der Waals surface area contributed by atoms with Crippen molar-refractivity contribution in [3.05, 3.63) is 80.7 Å². The molecule has 3 N–H and O–H groups in total. The third-order valence-electron chi connectivity index (χ3n) is 5.19. The molecule has 0 saturated carbocycles. The lowest BCUT2D eigenvalue weighted by molar-refractivity contribution is -0.207. The third kappa shape index (κ3) is 5.98. The Morgan fingerprint density at radius 1 is 1.11 bits per heavy atom. The Hall–Kier alpha value is -3.88. The predicted octanol–water partition coefficient (Wildman–Crippen LogP) is 3.17. The van der Waals surface area contributed by atoms with Gasteiger partial charge in [0.1, 0.15) is 6.54 Å². The number of aromatic nitrogens is 6. The molecule has 1 unspecified atom stereocenters. The highest BCUT2D eigenvalue weighted by atomic mass is 35.5. The standard InChI is InChI=1S/C22H18Cl2F3N7O4/c23-13-7-5-12(6-8-13)19-31-33(21(37)32(19)9-16(35)22(25,26)27)10-17-29-18(11-38-20(28)36)34(30-17)15-4-2-1-3-14(15)24/h1-8,16,35H,9-11H2,(H2,28,36). The third-order valence-corrected chi connectivity index (χ3v) is 5.76. The van der Waals surface area contributed by atoms with E-state index < -0.39 is 30.6 Å². The van der Waals surface area contributed by atoms with Gasteiger partial charge in [0.05, 0.1) is 17.3 Å². The number of halogens is 5. The molecule has 1 amide bonds. The van der Waals surface area contributed by atoms with Gasteiger partial charge in [0.25, 0.3) is 0 Å². The van der Waals surface area contributed by atoms with Gasteiger partial charge in [-0.1, -0.05) is 35.3 Å². The second-order valence-corrected chi connectivity index (χ2v) is 8.70. The molecule has 0 spiro atoms. The summed E-state index contributed by atoms with van der Waals surface area (Å²) in [6.07, 6.45) is -8.85. The summed E-state index contributed by atoms with van der Waals surface area (Å²) >= 11 is 12.2. The average molecular weight is 572 g/mol. The van der Waals surface area contributed by atoms with Crippen LogP contribution in [0.4, 0.5) is 18.0 Å². The number of benzene rings is 2. The van der Waals surface area contributed by atoms with Crippen molar-refractivity contribution in [2.75, 3.05) is 0 Å². The van der Waals surface area contributed by atoms with Gasteiger partial charge in [-0.3, -0.25) is 4.57 Å². The van der Waals surface area contributed by atoms with Crippen LogP contribution in [0.3, 0.4) is 0 Å². The number of alkyl halides is 3. The van der Waals surface area contributed by atoms with Crippen molar-refractivity contribution >= 4 is 29.3 Å². The first-order chi connectivity index (χ1) is 17.9. The topological polar surface area (TPSA) is 143 Å². The number of nitrogens with zero attached hydrogens (tertiary/aromatic N) is 6. The summed E-state index contributed by atoms with van der Waals surface area (Å²) in [5.41, 5.74) is 4.76. The minimum atomic E-state index is -4.97. The number of carbonyl (C=O) groups is 1. The zero-order valence-corrected chi connectivity index (χ0v) is 20.7. The number of carbonyl (C=O) groups excluding carboxylic acids is 1. The van der Waals surface area contributed by atoms with E-state index in [1.807, 2.05) is 0 Å². The van der Waals surface area contributed by atoms with Gasteiger partial charge in [-0.25, -0.2) is 23.9 Å². The van der Waals surface area contributed by atoms with Crippen LogP contribution in [-0.4, -0.2) is 52.6 Å². The SMILES string of the molecule is NC(=O)OCc1nc(Cn2nc(-c3ccc(Cl)cc3)n(CC(O)C(F)(F)F)c2=O)nn1-c1ccccc1Cl. The number of aliphatic hydroxyl groups excluding tert-OH is 1. The molecular weight excluding hydrogens is 554 g/mol. The molecule has 2 aromatic carbocycles. The maximum Gasteiger partial charge on any atom is 0.416 e. The summed E-state index contributed by atoms with van der Waals surface area (Å²) in [5.74, 6) is -0.0404. The molecule has 0 aliphatic rings. The first-order valence-electron chi connectivity index (χ1n) is 10.7. The molecule has 0 radical (unpaired) electrons. The van der Waals surface area contributed by atoms with Crippen LogP contribution in [0.15, 0.2) is 53.3 Å². The Kier molecular flexibility index (Phi) is 7.76. The molecule has 0 saturated heterocycles. The number of amides is 1. The van der Waals surface area contributed by atoms with Gasteiger partial charge in [-0.2, -0.15) is 13.2 Å². The summed E-state index contributed by atoms with van der Waals surface area (Å²) < 4.78 is 46.9. The van der Waals surface area contributed by atoms with Crippen LogP contribution in [0.1, 0.15) is 11.6 Å². The van der Waals surface area contributed by atoms with E-state index in [0.29, 0.717) is 15.3 Å². The summed E-state index contributed by atoms with van der Waals surface area (Å²) in [6.45, 7) is -1.86. The summed E-state index contributed by atoms with van der Waals surface area (Å²) in [6, 6.07) is 12.5. The van der Waals surface area contributed by atoms with E-state index in [0.717, 1.165) is 4.68 Å². The Labute approximate surface area is 221 Å². The van der Waals surface area contributed by atoms with Crippen molar-refractivity contribution in [1.82, 2.24) is 29.1 Å². The van der Waals surface area contributed by atoms with Crippen LogP contribution in [0, 0.1) is 0 Å². The molecule has 0 fully saturated rings. The van der Waals surface area contributed by atoms with Gasteiger partial charge in [0, 0.05) is 10.6 Å². The first kappa shape index (κ1) is 27.2. The molecule has 200 valence electrons. The van der Waals surface area contributed by atoms with Crippen LogP contribution in [0.25, 0.3) is 17.1 Å². The van der Waals surface area contributed by atoms with E-state index in [1.165, 1.54) is 28.9 Å². The van der Waals surface area contributed by atoms with Crippen molar-refractivity contribution < 1.29 is 27.8 Å². The van der Waals surface area contributed by atoms with Crippen molar-refractivity contribution in [2.24, 2.45) is 5.73 Å². The minimum Gasteiger partial charge on any atom is -0.441 e. The Balaban J connectivity index is 1.76. The molecule has 4 aromatic rings. The fourth-order valence-electron chi connectivity index (χ4n) is 3.44. The smallest absolute Gasteiger partial charge is 0.416 e. The Bertz CT molecular complexity index is 1520. The van der Waals surface area contributed by atoms with E-state index in [9.17, 15) is 27.9 Å². The number of rotatable bonds is 8. The molecule has 38 heavy (non-hydrogen) atoms. The maximum absolute atomic E-state index is 13.1. The summed E-state index contributed by atoms with van der Waals surface area (Å²) in [5, 5.41) is 18.8. The molecule has 0 aliphatic heterocycles. The zero-order valence-electron chi connectivity index (χ0n) is 19.1. The highest BCUT2D eigenvalue weighted by Crippen LogP contribution is 2.25. The number of aliphatic hydroxyl groups is 1. The molecule has 16 heteroatoms. The molecule has 1 atom stereocenters. The van der Waals surface area contributed by atoms with E-state index in [1.54, 1.807) is 24.3 Å². The van der Waals surface area contributed by atoms with E-state index >= 15 is 0 Å². The molecule has 0 bridgehead atoms. The van der Waals surface area contributed by atoms with Crippen LogP contribution in [-0.2, 0) is 24.4 Å². The molecule has 11 nitrogen and oxygen atoms in total. The molecule has 4 rings (SSSR count). The first-order valence-corrected chi connectivity index (χ1v) is 11.5. The number of ether oxygens (including phenoxy) is 1. The summed E-state index contributed by atoms with van der Waals surface area (Å²) in [4.78, 5) is 28.5. The lowest BCUT2D eigenvalue weighted by Crippen LogP contribution is -2.37. The quantitative estimate of drug-likeness (QED) is 0.330. The number of hydrogen-bond donors (Lipinski definition) is 2. The average Bonchev–Trinajstić information content (AvgIpc) is 3.39. The second-order valence-electron chi connectivity index (χ2n) is 7.85. The highest BCUT2D eigenvalue weighted by Gasteiger charge is 2.39. The fourth-order valence-corrected chi connectivity index (χ4v) is 3.78. The highest BCUT2D eigenvalue weighted by molar-refractivity contribution is 6.32. The van der Waals surface area contributed by atoms with E-state index in [2.05, 4.69) is 15.2 Å². The van der Waals surface area contributed by atoms with Crippen LogP contribution < -0.4 is 11.4 Å². The number of primary amides is 1. The minimum absolute atomic E-state index is 0.00114. The summed E-state index contributed by atoms with van der Waals surface area (Å²) in [7, 11) is 0. The fraction of sp³-hybridized carbons (Fsp3) is 0.227. The Morgan fingerprint density at radius 3 is 2.42 bits per heavy atom.